The maximum Gasteiger partial charge on any atom is 0.303 e. The first kappa shape index (κ1) is 25.0. The van der Waals surface area contributed by atoms with Crippen molar-refractivity contribution in [3.05, 3.63) is 33.9 Å². The molecule has 1 aromatic rings. The molecule has 1 aliphatic heterocycles. The molecule has 7 nitrogen and oxygen atoms in total. The highest BCUT2D eigenvalue weighted by atomic mass is 16.7. The minimum atomic E-state index is -1.35. The molecule has 0 unspecified atom stereocenters. The van der Waals surface area contributed by atoms with Crippen LogP contribution < -0.4 is 4.74 Å². The summed E-state index contributed by atoms with van der Waals surface area (Å²) in [6.45, 7) is 11.7. The molecule has 1 heterocycles. The molecule has 2 aliphatic carbocycles. The number of ether oxygens (including phenoxy) is 3. The van der Waals surface area contributed by atoms with Crippen LogP contribution in [0.1, 0.15) is 93.9 Å². The first-order chi connectivity index (χ1) is 16.0. The molecule has 8 atom stereocenters. The lowest BCUT2D eigenvalue weighted by Gasteiger charge is -2.44. The summed E-state index contributed by atoms with van der Waals surface area (Å²) >= 11 is 0. The number of aliphatic hydroxyl groups excluding tert-OH is 2. The molecule has 0 bridgehead atoms. The average molecular weight is 475 g/mol. The Kier molecular flexibility index (Phi) is 7.00. The van der Waals surface area contributed by atoms with Crippen LogP contribution in [0.15, 0.2) is 11.6 Å². The monoisotopic (exact) mass is 474 g/mol. The van der Waals surface area contributed by atoms with E-state index in [0.717, 1.165) is 30.4 Å². The van der Waals surface area contributed by atoms with Crippen molar-refractivity contribution in [2.75, 3.05) is 6.61 Å². The first-order valence-corrected chi connectivity index (χ1v) is 12.4. The third-order valence-electron chi connectivity index (χ3n) is 7.76. The quantitative estimate of drug-likeness (QED) is 0.444. The highest BCUT2D eigenvalue weighted by Gasteiger charge is 2.46. The number of phenolic OH excluding ortho intramolecular Hbond substituents is 1. The Balaban J connectivity index is 1.85. The molecule has 7 heteroatoms. The van der Waals surface area contributed by atoms with Crippen molar-refractivity contribution in [1.29, 1.82) is 0 Å². The summed E-state index contributed by atoms with van der Waals surface area (Å²) in [5, 5.41) is 31.9. The third kappa shape index (κ3) is 4.34. The molecule has 0 aromatic heterocycles. The van der Waals surface area contributed by atoms with Crippen molar-refractivity contribution < 1.29 is 34.3 Å². The first-order valence-electron chi connectivity index (χ1n) is 12.4. The Hall–Kier alpha value is -2.09. The molecule has 1 fully saturated rings. The van der Waals surface area contributed by atoms with Crippen LogP contribution in [0.3, 0.4) is 0 Å². The van der Waals surface area contributed by atoms with Gasteiger partial charge in [-0.1, -0.05) is 25.5 Å². The van der Waals surface area contributed by atoms with Crippen LogP contribution in [-0.4, -0.2) is 52.5 Å². The van der Waals surface area contributed by atoms with Gasteiger partial charge in [-0.3, -0.25) is 4.79 Å². The number of carbonyl (C=O) groups excluding carboxylic acids is 1. The van der Waals surface area contributed by atoms with Crippen LogP contribution in [0.5, 0.6) is 11.5 Å². The lowest BCUT2D eigenvalue weighted by Crippen LogP contribution is -2.56. The molecule has 34 heavy (non-hydrogen) atoms. The van der Waals surface area contributed by atoms with E-state index in [4.69, 9.17) is 14.2 Å². The van der Waals surface area contributed by atoms with Gasteiger partial charge in [0.1, 0.15) is 12.2 Å². The smallest absolute Gasteiger partial charge is 0.303 e. The fraction of sp³-hybridized carbons (Fsp3) is 0.667. The van der Waals surface area contributed by atoms with Crippen LogP contribution in [0.2, 0.25) is 0 Å². The number of rotatable bonds is 4. The number of hydrogen-bond donors (Lipinski definition) is 3. The van der Waals surface area contributed by atoms with Crippen LogP contribution in [0.4, 0.5) is 0 Å². The van der Waals surface area contributed by atoms with Crippen molar-refractivity contribution in [2.24, 2.45) is 5.92 Å². The summed E-state index contributed by atoms with van der Waals surface area (Å²) in [5.74, 6) is 1.05. The molecule has 188 valence electrons. The number of aromatic hydroxyl groups is 1. The molecule has 3 aliphatic rings. The number of phenols is 1. The SMILES string of the molecule is CC(=O)O[C@H]1[C@H](Oc2c(O)c(C)c3c4c2[C@@H](C)CC[C@@H]4[C@@H](C)C[C@@H]3C=C(C)C)OC[C@@H](O)[C@@H]1O. The standard InChI is InChI=1S/C27H38O7/c1-12(2)9-17-10-14(4)18-8-7-13(3)20-22(18)21(17)15(5)23(30)25(20)34-27-26(33-16(6)28)24(31)19(29)11-32-27/h9,13-14,17-19,24,26-27,29-31H,7-8,10-11H2,1-6H3/t13-,14-,17-,18+,19+,24-,26+,27-/m0/s1. The van der Waals surface area contributed by atoms with E-state index in [-0.39, 0.29) is 24.2 Å². The number of esters is 1. The second-order valence-corrected chi connectivity index (χ2v) is 10.6. The topological polar surface area (TPSA) is 105 Å². The molecule has 1 aromatic carbocycles. The van der Waals surface area contributed by atoms with E-state index in [1.165, 1.54) is 23.6 Å². The van der Waals surface area contributed by atoms with Gasteiger partial charge < -0.3 is 29.5 Å². The minimum absolute atomic E-state index is 0.0637. The van der Waals surface area contributed by atoms with Gasteiger partial charge in [-0.05, 0) is 74.5 Å². The van der Waals surface area contributed by atoms with Gasteiger partial charge in [-0.15, -0.1) is 0 Å². The Morgan fingerprint density at radius 2 is 1.79 bits per heavy atom. The van der Waals surface area contributed by atoms with Crippen LogP contribution >= 0.6 is 0 Å². The van der Waals surface area contributed by atoms with E-state index in [9.17, 15) is 20.1 Å². The van der Waals surface area contributed by atoms with Gasteiger partial charge in [0.25, 0.3) is 0 Å². The predicted molar refractivity (Wildman–Crippen MR) is 127 cm³/mol. The Labute approximate surface area is 201 Å². The number of carbonyl (C=O) groups is 1. The highest BCUT2D eigenvalue weighted by Crippen LogP contribution is 2.58. The van der Waals surface area contributed by atoms with Crippen molar-refractivity contribution in [1.82, 2.24) is 0 Å². The summed E-state index contributed by atoms with van der Waals surface area (Å²) in [6.07, 6.45) is 0.500. The molecule has 0 saturated carbocycles. The fourth-order valence-electron chi connectivity index (χ4n) is 6.21. The van der Waals surface area contributed by atoms with Gasteiger partial charge in [0.15, 0.2) is 17.6 Å². The van der Waals surface area contributed by atoms with Gasteiger partial charge in [0.2, 0.25) is 6.29 Å². The molecule has 0 amide bonds. The Morgan fingerprint density at radius 1 is 1.09 bits per heavy atom. The lowest BCUT2D eigenvalue weighted by atomic mass is 9.62. The summed E-state index contributed by atoms with van der Waals surface area (Å²) in [5.41, 5.74) is 5.50. The van der Waals surface area contributed by atoms with Crippen molar-refractivity contribution >= 4 is 5.97 Å². The van der Waals surface area contributed by atoms with E-state index < -0.39 is 30.6 Å². The number of hydrogen-bond acceptors (Lipinski definition) is 7. The molecular formula is C27H38O7. The van der Waals surface area contributed by atoms with Gasteiger partial charge in [0, 0.05) is 18.4 Å². The number of aliphatic hydroxyl groups is 2. The zero-order chi connectivity index (χ0) is 24.9. The maximum atomic E-state index is 11.7. The van der Waals surface area contributed by atoms with E-state index >= 15 is 0 Å². The minimum Gasteiger partial charge on any atom is -0.504 e. The molecule has 4 rings (SSSR count). The zero-order valence-corrected chi connectivity index (χ0v) is 21.0. The summed E-state index contributed by atoms with van der Waals surface area (Å²) in [6, 6.07) is 0. The zero-order valence-electron chi connectivity index (χ0n) is 21.0. The largest absolute Gasteiger partial charge is 0.504 e. The van der Waals surface area contributed by atoms with Gasteiger partial charge >= 0.3 is 5.97 Å². The van der Waals surface area contributed by atoms with Crippen molar-refractivity contribution in [3.8, 4) is 11.5 Å². The highest BCUT2D eigenvalue weighted by molar-refractivity contribution is 5.66. The van der Waals surface area contributed by atoms with E-state index in [1.54, 1.807) is 0 Å². The Morgan fingerprint density at radius 3 is 2.44 bits per heavy atom. The van der Waals surface area contributed by atoms with Crippen molar-refractivity contribution in [3.63, 3.8) is 0 Å². The summed E-state index contributed by atoms with van der Waals surface area (Å²) in [7, 11) is 0. The van der Waals surface area contributed by atoms with Gasteiger partial charge in [0.05, 0.1) is 6.61 Å². The number of allylic oxidation sites excluding steroid dienone is 2. The second kappa shape index (κ2) is 9.51. The molecular weight excluding hydrogens is 436 g/mol. The van der Waals surface area contributed by atoms with Gasteiger partial charge in [-0.2, -0.15) is 0 Å². The fourth-order valence-corrected chi connectivity index (χ4v) is 6.21. The molecule has 0 radical (unpaired) electrons. The molecule has 1 saturated heterocycles. The van der Waals surface area contributed by atoms with Crippen LogP contribution in [-0.2, 0) is 14.3 Å². The van der Waals surface area contributed by atoms with Crippen LogP contribution in [0.25, 0.3) is 0 Å². The van der Waals surface area contributed by atoms with Crippen LogP contribution in [0, 0.1) is 12.8 Å². The predicted octanol–water partition coefficient (Wildman–Crippen LogP) is 4.16. The lowest BCUT2D eigenvalue weighted by molar-refractivity contribution is -0.250. The van der Waals surface area contributed by atoms with Crippen molar-refractivity contribution in [2.45, 2.75) is 103 Å². The van der Waals surface area contributed by atoms with E-state index in [1.807, 2.05) is 6.92 Å². The number of benzene rings is 1. The average Bonchev–Trinajstić information content (AvgIpc) is 2.75. The maximum absolute atomic E-state index is 11.7. The van der Waals surface area contributed by atoms with E-state index in [0.29, 0.717) is 17.6 Å². The summed E-state index contributed by atoms with van der Waals surface area (Å²) in [4.78, 5) is 11.7. The van der Waals surface area contributed by atoms with Gasteiger partial charge in [-0.25, -0.2) is 0 Å². The molecule has 0 spiro atoms. The summed E-state index contributed by atoms with van der Waals surface area (Å²) < 4.78 is 17.2. The third-order valence-corrected chi connectivity index (χ3v) is 7.76. The Bertz CT molecular complexity index is 980. The second-order valence-electron chi connectivity index (χ2n) is 10.6. The molecule has 3 N–H and O–H groups in total. The normalized spacial score (nSPS) is 34.7. The van der Waals surface area contributed by atoms with E-state index in [2.05, 4.69) is 33.8 Å².